The van der Waals surface area contributed by atoms with Crippen LogP contribution < -0.4 is 15.0 Å². The zero-order chi connectivity index (χ0) is 17.9. The van der Waals surface area contributed by atoms with Gasteiger partial charge in [0.15, 0.2) is 11.5 Å². The highest BCUT2D eigenvalue weighted by Crippen LogP contribution is 2.34. The summed E-state index contributed by atoms with van der Waals surface area (Å²) in [5.41, 5.74) is 1.69. The molecule has 0 aliphatic carbocycles. The van der Waals surface area contributed by atoms with Crippen LogP contribution in [0.15, 0.2) is 47.3 Å². The molecule has 0 bridgehead atoms. The Morgan fingerprint density at radius 3 is 2.81 bits per heavy atom. The molecule has 6 heteroatoms. The fraction of sp³-hybridized carbons (Fsp3) is 0.300. The summed E-state index contributed by atoms with van der Waals surface area (Å²) in [5.74, 6) is 2.27. The Balaban J connectivity index is 1.58. The molecule has 0 radical (unpaired) electrons. The highest BCUT2D eigenvalue weighted by Gasteiger charge is 2.18. The summed E-state index contributed by atoms with van der Waals surface area (Å²) in [7, 11) is 0. The first-order chi connectivity index (χ1) is 12.7. The minimum Gasteiger partial charge on any atom is -0.486 e. The first-order valence-electron chi connectivity index (χ1n) is 8.82. The number of rotatable bonds is 5. The third-order valence-electron chi connectivity index (χ3n) is 4.52. The quantitative estimate of drug-likeness (QED) is 0.765. The monoisotopic (exact) mass is 351 g/mol. The van der Waals surface area contributed by atoms with Gasteiger partial charge in [-0.05, 0) is 24.7 Å². The molecule has 0 saturated heterocycles. The molecular formula is C20H21N3O3. The molecule has 0 saturated carbocycles. The number of para-hydroxylation sites is 2. The molecule has 26 heavy (non-hydrogen) atoms. The molecule has 3 aromatic rings. The van der Waals surface area contributed by atoms with Gasteiger partial charge in [-0.1, -0.05) is 31.2 Å². The third-order valence-corrected chi connectivity index (χ3v) is 4.52. The van der Waals surface area contributed by atoms with E-state index in [2.05, 4.69) is 21.8 Å². The summed E-state index contributed by atoms with van der Waals surface area (Å²) in [5, 5.41) is 0.613. The SMILES string of the molecule is CCN(Cc1nc2ccccc2c(=O)[nH]1)Cc1cccc2c1OCCO2. The van der Waals surface area contributed by atoms with Crippen molar-refractivity contribution < 1.29 is 9.47 Å². The van der Waals surface area contributed by atoms with Crippen LogP contribution in [0.5, 0.6) is 11.5 Å². The molecule has 1 N–H and O–H groups in total. The number of nitrogens with zero attached hydrogens (tertiary/aromatic N) is 2. The van der Waals surface area contributed by atoms with E-state index in [0.29, 0.717) is 37.5 Å². The van der Waals surface area contributed by atoms with Crippen molar-refractivity contribution >= 4 is 10.9 Å². The number of benzene rings is 2. The Kier molecular flexibility index (Phi) is 4.58. The summed E-state index contributed by atoms with van der Waals surface area (Å²) in [4.78, 5) is 22.0. The van der Waals surface area contributed by atoms with E-state index in [1.807, 2.05) is 36.4 Å². The average Bonchev–Trinajstić information content (AvgIpc) is 2.68. The van der Waals surface area contributed by atoms with Crippen molar-refractivity contribution in [2.45, 2.75) is 20.0 Å². The molecule has 2 heterocycles. The lowest BCUT2D eigenvalue weighted by molar-refractivity contribution is 0.166. The lowest BCUT2D eigenvalue weighted by Crippen LogP contribution is -2.26. The van der Waals surface area contributed by atoms with Crippen LogP contribution >= 0.6 is 0 Å². The second kappa shape index (κ2) is 7.17. The lowest BCUT2D eigenvalue weighted by Gasteiger charge is -2.25. The molecule has 4 rings (SSSR count). The highest BCUT2D eigenvalue weighted by molar-refractivity contribution is 5.77. The Labute approximate surface area is 151 Å². The van der Waals surface area contributed by atoms with Gasteiger partial charge in [-0.15, -0.1) is 0 Å². The zero-order valence-corrected chi connectivity index (χ0v) is 14.7. The van der Waals surface area contributed by atoms with Crippen molar-refractivity contribution in [3.63, 3.8) is 0 Å². The number of aromatic amines is 1. The molecule has 0 spiro atoms. The molecule has 6 nitrogen and oxygen atoms in total. The van der Waals surface area contributed by atoms with Crippen LogP contribution in [0.2, 0.25) is 0 Å². The van der Waals surface area contributed by atoms with E-state index in [9.17, 15) is 4.79 Å². The van der Waals surface area contributed by atoms with E-state index in [0.717, 1.165) is 29.1 Å². The average molecular weight is 351 g/mol. The van der Waals surface area contributed by atoms with Gasteiger partial charge in [0, 0.05) is 12.1 Å². The van der Waals surface area contributed by atoms with Crippen molar-refractivity contribution in [2.24, 2.45) is 0 Å². The maximum absolute atomic E-state index is 12.3. The van der Waals surface area contributed by atoms with Gasteiger partial charge in [0.1, 0.15) is 19.0 Å². The predicted molar refractivity (Wildman–Crippen MR) is 99.6 cm³/mol. The number of aromatic nitrogens is 2. The van der Waals surface area contributed by atoms with E-state index in [1.165, 1.54) is 0 Å². The van der Waals surface area contributed by atoms with Gasteiger partial charge in [0.2, 0.25) is 0 Å². The molecule has 0 unspecified atom stereocenters. The molecular weight excluding hydrogens is 330 g/mol. The van der Waals surface area contributed by atoms with E-state index >= 15 is 0 Å². The van der Waals surface area contributed by atoms with Crippen LogP contribution in [0.25, 0.3) is 10.9 Å². The standard InChI is InChI=1S/C20H21N3O3/c1-2-23(12-14-6-5-9-17-19(14)26-11-10-25-17)13-18-21-16-8-4-3-7-15(16)20(24)22-18/h3-9H,2,10-13H2,1H3,(H,21,22,24). The minimum absolute atomic E-state index is 0.101. The normalized spacial score (nSPS) is 13.3. The van der Waals surface area contributed by atoms with Gasteiger partial charge < -0.3 is 14.5 Å². The van der Waals surface area contributed by atoms with E-state index in [1.54, 1.807) is 6.07 Å². The number of hydrogen-bond acceptors (Lipinski definition) is 5. The molecule has 2 aromatic carbocycles. The van der Waals surface area contributed by atoms with Crippen molar-refractivity contribution in [1.29, 1.82) is 0 Å². The lowest BCUT2D eigenvalue weighted by atomic mass is 10.1. The summed E-state index contributed by atoms with van der Waals surface area (Å²) >= 11 is 0. The fourth-order valence-corrected chi connectivity index (χ4v) is 3.20. The molecule has 1 aliphatic heterocycles. The van der Waals surface area contributed by atoms with Gasteiger partial charge in [-0.3, -0.25) is 9.69 Å². The molecule has 0 amide bonds. The van der Waals surface area contributed by atoms with E-state index in [4.69, 9.17) is 9.47 Å². The van der Waals surface area contributed by atoms with Gasteiger partial charge in [-0.2, -0.15) is 0 Å². The number of fused-ring (bicyclic) bond motifs is 2. The Morgan fingerprint density at radius 2 is 1.92 bits per heavy atom. The summed E-state index contributed by atoms with van der Waals surface area (Å²) < 4.78 is 11.5. The van der Waals surface area contributed by atoms with Crippen molar-refractivity contribution in [2.75, 3.05) is 19.8 Å². The smallest absolute Gasteiger partial charge is 0.258 e. The van der Waals surface area contributed by atoms with Crippen molar-refractivity contribution in [1.82, 2.24) is 14.9 Å². The topological polar surface area (TPSA) is 67.5 Å². The first-order valence-corrected chi connectivity index (χ1v) is 8.82. The molecule has 0 atom stereocenters. The first kappa shape index (κ1) is 16.6. The summed E-state index contributed by atoms with van der Waals surface area (Å²) in [6.07, 6.45) is 0. The van der Waals surface area contributed by atoms with Crippen LogP contribution in [0.4, 0.5) is 0 Å². The van der Waals surface area contributed by atoms with Gasteiger partial charge in [-0.25, -0.2) is 4.98 Å². The molecule has 0 fully saturated rings. The molecule has 1 aliphatic rings. The zero-order valence-electron chi connectivity index (χ0n) is 14.7. The van der Waals surface area contributed by atoms with Crippen LogP contribution in [0.1, 0.15) is 18.3 Å². The van der Waals surface area contributed by atoms with Crippen LogP contribution in [-0.2, 0) is 13.1 Å². The maximum Gasteiger partial charge on any atom is 0.258 e. The van der Waals surface area contributed by atoms with Crippen LogP contribution in [0.3, 0.4) is 0 Å². The van der Waals surface area contributed by atoms with Crippen molar-refractivity contribution in [3.05, 3.63) is 64.2 Å². The van der Waals surface area contributed by atoms with Crippen molar-refractivity contribution in [3.8, 4) is 11.5 Å². The van der Waals surface area contributed by atoms with Gasteiger partial charge in [0.05, 0.1) is 17.4 Å². The number of ether oxygens (including phenoxy) is 2. The summed E-state index contributed by atoms with van der Waals surface area (Å²) in [6, 6.07) is 13.3. The maximum atomic E-state index is 12.3. The number of H-pyrrole nitrogens is 1. The second-order valence-electron chi connectivity index (χ2n) is 6.27. The van der Waals surface area contributed by atoms with E-state index < -0.39 is 0 Å². The minimum atomic E-state index is -0.101. The Bertz CT molecular complexity index is 983. The van der Waals surface area contributed by atoms with E-state index in [-0.39, 0.29) is 5.56 Å². The van der Waals surface area contributed by atoms with Crippen LogP contribution in [0, 0.1) is 0 Å². The van der Waals surface area contributed by atoms with Gasteiger partial charge in [0.25, 0.3) is 5.56 Å². The summed E-state index contributed by atoms with van der Waals surface area (Å²) in [6.45, 7) is 5.31. The predicted octanol–water partition coefficient (Wildman–Crippen LogP) is 2.72. The molecule has 1 aromatic heterocycles. The third kappa shape index (κ3) is 3.28. The fourth-order valence-electron chi connectivity index (χ4n) is 3.20. The molecule has 134 valence electrons. The number of hydrogen-bond donors (Lipinski definition) is 1. The Hall–Kier alpha value is -2.86. The second-order valence-corrected chi connectivity index (χ2v) is 6.27. The van der Waals surface area contributed by atoms with Gasteiger partial charge >= 0.3 is 0 Å². The Morgan fingerprint density at radius 1 is 1.08 bits per heavy atom. The largest absolute Gasteiger partial charge is 0.486 e. The van der Waals surface area contributed by atoms with Crippen LogP contribution in [-0.4, -0.2) is 34.6 Å². The highest BCUT2D eigenvalue weighted by atomic mass is 16.6. The number of nitrogens with one attached hydrogen (secondary N) is 1.